The Morgan fingerprint density at radius 2 is 2.55 bits per heavy atom. The number of aromatic nitrogens is 2. The fourth-order valence-corrected chi connectivity index (χ4v) is 0.774. The second kappa shape index (κ2) is 3.30. The molecule has 1 unspecified atom stereocenters. The molecule has 0 bridgehead atoms. The number of hydrogen-bond donors (Lipinski definition) is 2. The molecule has 1 rings (SSSR count). The minimum atomic E-state index is -0.129. The summed E-state index contributed by atoms with van der Waals surface area (Å²) < 4.78 is 0. The largest absolute Gasteiger partial charge is 0.330 e. The van der Waals surface area contributed by atoms with E-state index in [1.54, 1.807) is 0 Å². The van der Waals surface area contributed by atoms with Gasteiger partial charge >= 0.3 is 0 Å². The average Bonchev–Trinajstić information content (AvgIpc) is 2.03. The summed E-state index contributed by atoms with van der Waals surface area (Å²) in [5.41, 5.74) is 6.02. The van der Waals surface area contributed by atoms with Crippen LogP contribution in [0.25, 0.3) is 0 Å². The maximum atomic E-state index is 10.8. The van der Waals surface area contributed by atoms with Gasteiger partial charge in [-0.1, -0.05) is 6.92 Å². The van der Waals surface area contributed by atoms with E-state index in [1.807, 2.05) is 6.92 Å². The van der Waals surface area contributed by atoms with Gasteiger partial charge in [0, 0.05) is 18.5 Å². The van der Waals surface area contributed by atoms with E-state index in [0.29, 0.717) is 6.54 Å². The molecule has 0 spiro atoms. The van der Waals surface area contributed by atoms with E-state index in [2.05, 4.69) is 9.97 Å². The van der Waals surface area contributed by atoms with Gasteiger partial charge in [-0.2, -0.15) is 0 Å². The summed E-state index contributed by atoms with van der Waals surface area (Å²) >= 11 is 0. The Hall–Kier alpha value is -1.16. The van der Waals surface area contributed by atoms with Crippen molar-refractivity contribution in [1.29, 1.82) is 0 Å². The number of H-pyrrole nitrogens is 1. The van der Waals surface area contributed by atoms with Crippen molar-refractivity contribution < 1.29 is 0 Å². The van der Waals surface area contributed by atoms with Crippen LogP contribution in [0.1, 0.15) is 18.5 Å². The molecule has 0 fully saturated rings. The van der Waals surface area contributed by atoms with Crippen LogP contribution in [0.5, 0.6) is 0 Å². The van der Waals surface area contributed by atoms with Crippen molar-refractivity contribution in [1.82, 2.24) is 9.97 Å². The van der Waals surface area contributed by atoms with E-state index in [-0.39, 0.29) is 11.5 Å². The van der Waals surface area contributed by atoms with E-state index in [0.717, 1.165) is 5.69 Å². The SMILES string of the molecule is CC(CN)c1cc(=O)[nH]cn1. The molecule has 0 radical (unpaired) electrons. The fourth-order valence-electron chi connectivity index (χ4n) is 0.774. The highest BCUT2D eigenvalue weighted by molar-refractivity contribution is 5.04. The van der Waals surface area contributed by atoms with Crippen molar-refractivity contribution >= 4 is 0 Å². The zero-order chi connectivity index (χ0) is 8.27. The van der Waals surface area contributed by atoms with E-state index >= 15 is 0 Å². The van der Waals surface area contributed by atoms with Crippen molar-refractivity contribution in [3.05, 3.63) is 28.4 Å². The normalized spacial score (nSPS) is 12.9. The summed E-state index contributed by atoms with van der Waals surface area (Å²) in [6.07, 6.45) is 1.39. The van der Waals surface area contributed by atoms with Gasteiger partial charge in [-0.15, -0.1) is 0 Å². The van der Waals surface area contributed by atoms with Crippen LogP contribution in [0.3, 0.4) is 0 Å². The van der Waals surface area contributed by atoms with Gasteiger partial charge in [0.05, 0.1) is 12.0 Å². The van der Waals surface area contributed by atoms with Gasteiger partial charge in [0.2, 0.25) is 0 Å². The molecule has 3 N–H and O–H groups in total. The van der Waals surface area contributed by atoms with Crippen LogP contribution in [0.15, 0.2) is 17.2 Å². The Morgan fingerprint density at radius 1 is 1.82 bits per heavy atom. The third kappa shape index (κ3) is 1.88. The summed E-state index contributed by atoms with van der Waals surface area (Å²) in [6.45, 7) is 2.44. The summed E-state index contributed by atoms with van der Waals surface area (Å²) in [5.74, 6) is 0.150. The summed E-state index contributed by atoms with van der Waals surface area (Å²) in [4.78, 5) is 17.2. The molecule has 0 aliphatic rings. The molecule has 1 aromatic heterocycles. The van der Waals surface area contributed by atoms with Crippen LogP contribution in [-0.2, 0) is 0 Å². The van der Waals surface area contributed by atoms with Crippen LogP contribution < -0.4 is 11.3 Å². The van der Waals surface area contributed by atoms with Crippen molar-refractivity contribution in [2.24, 2.45) is 5.73 Å². The van der Waals surface area contributed by atoms with Crippen molar-refractivity contribution in [2.45, 2.75) is 12.8 Å². The molecule has 0 amide bonds. The van der Waals surface area contributed by atoms with Crippen LogP contribution in [0.2, 0.25) is 0 Å². The van der Waals surface area contributed by atoms with E-state index < -0.39 is 0 Å². The minimum absolute atomic E-state index is 0.129. The lowest BCUT2D eigenvalue weighted by molar-refractivity contribution is 0.738. The molecular formula is C7H11N3O. The Kier molecular flexibility index (Phi) is 2.38. The summed E-state index contributed by atoms with van der Waals surface area (Å²) in [7, 11) is 0. The lowest BCUT2D eigenvalue weighted by Crippen LogP contribution is -2.14. The second-order valence-corrected chi connectivity index (χ2v) is 2.47. The van der Waals surface area contributed by atoms with Crippen molar-refractivity contribution in [3.63, 3.8) is 0 Å². The van der Waals surface area contributed by atoms with Crippen LogP contribution in [0, 0.1) is 0 Å². The van der Waals surface area contributed by atoms with Crippen LogP contribution in [-0.4, -0.2) is 16.5 Å². The number of nitrogens with one attached hydrogen (secondary N) is 1. The molecule has 0 aliphatic carbocycles. The van der Waals surface area contributed by atoms with Crippen molar-refractivity contribution in [3.8, 4) is 0 Å². The number of rotatable bonds is 2. The second-order valence-electron chi connectivity index (χ2n) is 2.47. The molecule has 0 aromatic carbocycles. The maximum absolute atomic E-state index is 10.8. The molecule has 4 heteroatoms. The number of aromatic amines is 1. The van der Waals surface area contributed by atoms with Crippen molar-refractivity contribution in [2.75, 3.05) is 6.54 Å². The molecule has 1 aromatic rings. The van der Waals surface area contributed by atoms with Gasteiger partial charge < -0.3 is 10.7 Å². The standard InChI is InChI=1S/C7H11N3O/c1-5(3-8)6-2-7(11)10-4-9-6/h2,4-5H,3,8H2,1H3,(H,9,10,11). The minimum Gasteiger partial charge on any atom is -0.330 e. The third-order valence-electron chi connectivity index (χ3n) is 1.56. The van der Waals surface area contributed by atoms with Gasteiger partial charge in [-0.3, -0.25) is 4.79 Å². The Morgan fingerprint density at radius 3 is 3.09 bits per heavy atom. The Bertz CT molecular complexity index is 281. The molecule has 0 saturated heterocycles. The first-order valence-corrected chi connectivity index (χ1v) is 3.48. The molecule has 0 aliphatic heterocycles. The first-order chi connectivity index (χ1) is 5.24. The number of hydrogen-bond acceptors (Lipinski definition) is 3. The topological polar surface area (TPSA) is 71.8 Å². The molecule has 0 saturated carbocycles. The lowest BCUT2D eigenvalue weighted by Gasteiger charge is -2.04. The zero-order valence-electron chi connectivity index (χ0n) is 6.37. The first kappa shape index (κ1) is 7.94. The maximum Gasteiger partial charge on any atom is 0.250 e. The first-order valence-electron chi connectivity index (χ1n) is 3.48. The average molecular weight is 153 g/mol. The zero-order valence-corrected chi connectivity index (χ0v) is 6.37. The molecule has 60 valence electrons. The monoisotopic (exact) mass is 153 g/mol. The third-order valence-corrected chi connectivity index (χ3v) is 1.56. The molecule has 1 atom stereocenters. The lowest BCUT2D eigenvalue weighted by atomic mass is 10.1. The smallest absolute Gasteiger partial charge is 0.250 e. The van der Waals surface area contributed by atoms with Gasteiger partial charge in [-0.05, 0) is 0 Å². The van der Waals surface area contributed by atoms with E-state index in [1.165, 1.54) is 12.4 Å². The highest BCUT2D eigenvalue weighted by atomic mass is 16.1. The van der Waals surface area contributed by atoms with Gasteiger partial charge in [0.1, 0.15) is 0 Å². The Balaban J connectivity index is 2.96. The Labute approximate surface area is 64.5 Å². The molecular weight excluding hydrogens is 142 g/mol. The van der Waals surface area contributed by atoms with Crippen LogP contribution in [0.4, 0.5) is 0 Å². The molecule has 4 nitrogen and oxygen atoms in total. The number of nitrogens with zero attached hydrogens (tertiary/aromatic N) is 1. The van der Waals surface area contributed by atoms with Gasteiger partial charge in [0.15, 0.2) is 0 Å². The predicted octanol–water partition coefficient (Wildman–Crippen LogP) is -0.168. The molecule has 1 heterocycles. The van der Waals surface area contributed by atoms with Gasteiger partial charge in [-0.25, -0.2) is 4.98 Å². The molecule has 11 heavy (non-hydrogen) atoms. The summed E-state index contributed by atoms with van der Waals surface area (Å²) in [6, 6.07) is 1.47. The van der Waals surface area contributed by atoms with E-state index in [4.69, 9.17) is 5.73 Å². The highest BCUT2D eigenvalue weighted by Crippen LogP contribution is 2.05. The van der Waals surface area contributed by atoms with Gasteiger partial charge in [0.25, 0.3) is 5.56 Å². The fraction of sp³-hybridized carbons (Fsp3) is 0.429. The summed E-state index contributed by atoms with van der Waals surface area (Å²) in [5, 5.41) is 0. The van der Waals surface area contributed by atoms with Crippen LogP contribution >= 0.6 is 0 Å². The highest BCUT2D eigenvalue weighted by Gasteiger charge is 2.03. The quantitative estimate of drug-likeness (QED) is 0.619. The predicted molar refractivity (Wildman–Crippen MR) is 42.3 cm³/mol. The van der Waals surface area contributed by atoms with E-state index in [9.17, 15) is 4.79 Å². The number of nitrogens with two attached hydrogens (primary N) is 1.